The van der Waals surface area contributed by atoms with Gasteiger partial charge in [0.15, 0.2) is 0 Å². The Morgan fingerprint density at radius 2 is 1.72 bits per heavy atom. The van der Waals surface area contributed by atoms with Gasteiger partial charge in [0, 0.05) is 69.7 Å². The maximum Gasteiger partial charge on any atom is 0.132 e. The number of fused-ring (bicyclic) bond motifs is 1. The zero-order valence-electron chi connectivity index (χ0n) is 20.6. The van der Waals surface area contributed by atoms with Crippen LogP contribution in [0.25, 0.3) is 0 Å². The number of nitrogens with zero attached hydrogens (tertiary/aromatic N) is 4. The van der Waals surface area contributed by atoms with Crippen molar-refractivity contribution in [1.29, 1.82) is 0 Å². The van der Waals surface area contributed by atoms with E-state index in [1.807, 2.05) is 12.1 Å². The van der Waals surface area contributed by atoms with Gasteiger partial charge in [-0.1, -0.05) is 12.1 Å². The molecular formula is C28H33F3N4O. The molecule has 2 saturated heterocycles. The molecule has 0 aliphatic carbocycles. The van der Waals surface area contributed by atoms with Gasteiger partial charge in [-0.3, -0.25) is 9.89 Å². The lowest BCUT2D eigenvalue weighted by Crippen LogP contribution is -2.44. The van der Waals surface area contributed by atoms with E-state index in [-0.39, 0.29) is 5.82 Å². The Kier molecular flexibility index (Phi) is 8.59. The summed E-state index contributed by atoms with van der Waals surface area (Å²) in [4.78, 5) is 12.5. The molecule has 0 aromatic heterocycles. The molecule has 0 spiro atoms. The molecule has 2 heterocycles. The van der Waals surface area contributed by atoms with Gasteiger partial charge in [0.1, 0.15) is 29.4 Å². The lowest BCUT2D eigenvalue weighted by atomic mass is 9.88. The Hall–Kier alpha value is -2.97. The Bertz CT molecular complexity index is 1080. The molecule has 3 atom stereocenters. The smallest absolute Gasteiger partial charge is 0.132 e. The van der Waals surface area contributed by atoms with E-state index in [9.17, 15) is 8.78 Å². The average molecular weight is 499 g/mol. The van der Waals surface area contributed by atoms with Crippen LogP contribution in [0.4, 0.5) is 18.9 Å². The number of anilines is 1. The van der Waals surface area contributed by atoms with Gasteiger partial charge in [0.2, 0.25) is 0 Å². The largest absolute Gasteiger partial charge is 0.371 e. The van der Waals surface area contributed by atoms with Gasteiger partial charge in [-0.15, -0.1) is 6.58 Å². The Morgan fingerprint density at radius 1 is 1.03 bits per heavy atom. The number of benzene rings is 2. The molecule has 192 valence electrons. The van der Waals surface area contributed by atoms with Crippen LogP contribution >= 0.6 is 0 Å². The van der Waals surface area contributed by atoms with Gasteiger partial charge in [-0.05, 0) is 48.6 Å². The first-order valence-corrected chi connectivity index (χ1v) is 12.3. The van der Waals surface area contributed by atoms with Crippen LogP contribution in [0.1, 0.15) is 18.4 Å². The SMILES string of the molecule is C=CCC(CN1CC2CN(c3ccc(F)cc3)CC2C1)(OCCC=NC=NC)c1ccc(F)cc1F. The van der Waals surface area contributed by atoms with E-state index in [0.29, 0.717) is 43.4 Å². The van der Waals surface area contributed by atoms with E-state index in [1.165, 1.54) is 30.6 Å². The highest BCUT2D eigenvalue weighted by Crippen LogP contribution is 2.39. The van der Waals surface area contributed by atoms with Crippen molar-refractivity contribution in [3.63, 3.8) is 0 Å². The highest BCUT2D eigenvalue weighted by molar-refractivity contribution is 5.71. The second kappa shape index (κ2) is 11.8. The number of aliphatic imine (C=N–C) groups is 2. The zero-order valence-corrected chi connectivity index (χ0v) is 20.6. The number of likely N-dealkylation sites (tertiary alicyclic amines) is 1. The van der Waals surface area contributed by atoms with Crippen LogP contribution in [-0.4, -0.2) is 63.8 Å². The Labute approximate surface area is 211 Å². The topological polar surface area (TPSA) is 40.4 Å². The number of hydrogen-bond acceptors (Lipinski definition) is 4. The van der Waals surface area contributed by atoms with Crippen molar-refractivity contribution in [3.8, 4) is 0 Å². The summed E-state index contributed by atoms with van der Waals surface area (Å²) in [7, 11) is 1.64. The van der Waals surface area contributed by atoms with E-state index >= 15 is 4.39 Å². The molecule has 0 saturated carbocycles. The van der Waals surface area contributed by atoms with Crippen LogP contribution in [0.2, 0.25) is 0 Å². The highest BCUT2D eigenvalue weighted by atomic mass is 19.1. The third kappa shape index (κ3) is 6.05. The molecule has 2 aromatic carbocycles. The molecule has 2 fully saturated rings. The quantitative estimate of drug-likeness (QED) is 0.188. The maximum absolute atomic E-state index is 15.1. The molecule has 0 amide bonds. The fourth-order valence-corrected chi connectivity index (χ4v) is 5.47. The zero-order chi connectivity index (χ0) is 25.5. The fourth-order valence-electron chi connectivity index (χ4n) is 5.47. The van der Waals surface area contributed by atoms with E-state index in [4.69, 9.17) is 4.74 Å². The van der Waals surface area contributed by atoms with Crippen LogP contribution in [0.15, 0.2) is 65.1 Å². The predicted molar refractivity (Wildman–Crippen MR) is 138 cm³/mol. The van der Waals surface area contributed by atoms with Crippen molar-refractivity contribution < 1.29 is 17.9 Å². The molecular weight excluding hydrogens is 465 g/mol. The van der Waals surface area contributed by atoms with E-state index < -0.39 is 17.2 Å². The second-order valence-electron chi connectivity index (χ2n) is 9.55. The summed E-state index contributed by atoms with van der Waals surface area (Å²) < 4.78 is 48.5. The summed E-state index contributed by atoms with van der Waals surface area (Å²) in [6.07, 6.45) is 5.81. The van der Waals surface area contributed by atoms with Crippen LogP contribution in [-0.2, 0) is 10.3 Å². The monoisotopic (exact) mass is 498 g/mol. The third-order valence-electron chi connectivity index (χ3n) is 7.04. The average Bonchev–Trinajstić information content (AvgIpc) is 3.40. The minimum Gasteiger partial charge on any atom is -0.371 e. The van der Waals surface area contributed by atoms with Gasteiger partial charge < -0.3 is 9.64 Å². The van der Waals surface area contributed by atoms with Crippen LogP contribution in [0.3, 0.4) is 0 Å². The summed E-state index contributed by atoms with van der Waals surface area (Å²) in [6, 6.07) is 10.3. The molecule has 0 radical (unpaired) electrons. The number of halogens is 3. The number of hydrogen-bond donors (Lipinski definition) is 0. The van der Waals surface area contributed by atoms with Gasteiger partial charge in [-0.2, -0.15) is 0 Å². The summed E-state index contributed by atoms with van der Waals surface area (Å²) in [5, 5.41) is 0. The van der Waals surface area contributed by atoms with Gasteiger partial charge in [0.05, 0.1) is 6.61 Å². The Morgan fingerprint density at radius 3 is 2.36 bits per heavy atom. The third-order valence-corrected chi connectivity index (χ3v) is 7.04. The molecule has 5 nitrogen and oxygen atoms in total. The van der Waals surface area contributed by atoms with Gasteiger partial charge in [0.25, 0.3) is 0 Å². The normalized spacial score (nSPS) is 21.9. The molecule has 2 aromatic rings. The summed E-state index contributed by atoms with van der Waals surface area (Å²) in [6.45, 7) is 8.17. The highest BCUT2D eigenvalue weighted by Gasteiger charge is 2.44. The minimum absolute atomic E-state index is 0.235. The molecule has 8 heteroatoms. The first kappa shape index (κ1) is 26.1. The molecule has 2 aliphatic rings. The van der Waals surface area contributed by atoms with Crippen molar-refractivity contribution in [1.82, 2.24) is 4.90 Å². The molecule has 4 rings (SSSR count). The van der Waals surface area contributed by atoms with E-state index in [1.54, 1.807) is 19.3 Å². The first-order chi connectivity index (χ1) is 17.4. The number of rotatable bonds is 11. The first-order valence-electron chi connectivity index (χ1n) is 12.3. The molecule has 0 bridgehead atoms. The molecule has 0 N–H and O–H groups in total. The minimum atomic E-state index is -0.999. The maximum atomic E-state index is 15.1. The van der Waals surface area contributed by atoms with E-state index in [2.05, 4.69) is 26.4 Å². The molecule has 2 aliphatic heterocycles. The lowest BCUT2D eigenvalue weighted by molar-refractivity contribution is -0.0670. The van der Waals surface area contributed by atoms with Gasteiger partial charge in [-0.25, -0.2) is 18.2 Å². The van der Waals surface area contributed by atoms with Crippen molar-refractivity contribution in [2.24, 2.45) is 21.8 Å². The van der Waals surface area contributed by atoms with Crippen molar-refractivity contribution in [3.05, 3.63) is 78.1 Å². The molecule has 3 unspecified atom stereocenters. The fraction of sp³-hybridized carbons (Fsp3) is 0.429. The van der Waals surface area contributed by atoms with E-state index in [0.717, 1.165) is 37.9 Å². The van der Waals surface area contributed by atoms with Crippen molar-refractivity contribution in [2.45, 2.75) is 18.4 Å². The van der Waals surface area contributed by atoms with Gasteiger partial charge >= 0.3 is 0 Å². The van der Waals surface area contributed by atoms with Crippen LogP contribution in [0.5, 0.6) is 0 Å². The van der Waals surface area contributed by atoms with Crippen LogP contribution < -0.4 is 4.90 Å². The van der Waals surface area contributed by atoms with Crippen molar-refractivity contribution in [2.75, 3.05) is 51.3 Å². The standard InChI is InChI=1S/C28H33F3N4O/c1-3-11-28(36-13-4-12-33-20-32-2,26-10-7-24(30)14-27(26)31)19-34-15-21-17-35(18-22(21)16-34)25-8-5-23(29)6-9-25/h3,5-10,12,14,20-22H,1,4,11,13,15-19H2,2H3. The summed E-state index contributed by atoms with van der Waals surface area (Å²) in [5.41, 5.74) is 0.368. The number of ether oxygens (including phenoxy) is 1. The van der Waals surface area contributed by atoms with Crippen molar-refractivity contribution >= 4 is 18.2 Å². The molecule has 36 heavy (non-hydrogen) atoms. The predicted octanol–water partition coefficient (Wildman–Crippen LogP) is 5.08. The lowest BCUT2D eigenvalue weighted by Gasteiger charge is -2.38. The summed E-state index contributed by atoms with van der Waals surface area (Å²) >= 11 is 0. The second-order valence-corrected chi connectivity index (χ2v) is 9.55. The van der Waals surface area contributed by atoms with Crippen LogP contribution in [0, 0.1) is 29.3 Å². The summed E-state index contributed by atoms with van der Waals surface area (Å²) in [5.74, 6) is -0.567. The Balaban J connectivity index is 1.49.